The molecule has 0 fully saturated rings. The van der Waals surface area contributed by atoms with Gasteiger partial charge in [-0.15, -0.1) is 0 Å². The minimum atomic E-state index is -3.12. The summed E-state index contributed by atoms with van der Waals surface area (Å²) in [6, 6.07) is 7.09. The molecule has 6 heteroatoms. The van der Waals surface area contributed by atoms with E-state index in [9.17, 15) is 13.2 Å². The highest BCUT2D eigenvalue weighted by atomic mass is 35.5. The summed E-state index contributed by atoms with van der Waals surface area (Å²) in [5.41, 5.74) is 0.788. The van der Waals surface area contributed by atoms with Crippen LogP contribution in [0.25, 0.3) is 0 Å². The number of allylic oxidation sites excluding steroid dienone is 1. The maximum atomic E-state index is 12.4. The lowest BCUT2D eigenvalue weighted by atomic mass is 10.1. The van der Waals surface area contributed by atoms with E-state index in [0.717, 1.165) is 12.1 Å². The standard InChI is InChI=1S/C15H18ClNO3S/c1-2-8-17(14-5-3-13(16)4-6-14)15(18)10-12-7-9-21(19,20)11-12/h3-7,9,12H,2,8,10-11H2,1H3/t12-/m0/s1. The van der Waals surface area contributed by atoms with Crippen LogP contribution in [0, 0.1) is 5.92 Å². The predicted molar refractivity (Wildman–Crippen MR) is 85.1 cm³/mol. The van der Waals surface area contributed by atoms with Crippen molar-refractivity contribution < 1.29 is 13.2 Å². The third-order valence-electron chi connectivity index (χ3n) is 3.33. The molecule has 1 aromatic rings. The van der Waals surface area contributed by atoms with Crippen molar-refractivity contribution in [3.63, 3.8) is 0 Å². The maximum Gasteiger partial charge on any atom is 0.227 e. The number of amides is 1. The Morgan fingerprint density at radius 1 is 1.33 bits per heavy atom. The van der Waals surface area contributed by atoms with E-state index in [1.54, 1.807) is 35.2 Å². The molecule has 0 spiro atoms. The molecule has 1 aromatic carbocycles. The Labute approximate surface area is 130 Å². The van der Waals surface area contributed by atoms with Crippen molar-refractivity contribution >= 4 is 33.0 Å². The van der Waals surface area contributed by atoms with E-state index >= 15 is 0 Å². The monoisotopic (exact) mass is 327 g/mol. The van der Waals surface area contributed by atoms with Crippen LogP contribution in [0.2, 0.25) is 5.02 Å². The first kappa shape index (κ1) is 16.0. The first-order chi connectivity index (χ1) is 9.91. The molecule has 1 amide bonds. The number of halogens is 1. The maximum absolute atomic E-state index is 12.4. The third-order valence-corrected chi connectivity index (χ3v) is 5.04. The summed E-state index contributed by atoms with van der Waals surface area (Å²) in [6.07, 6.45) is 2.64. The summed E-state index contributed by atoms with van der Waals surface area (Å²) < 4.78 is 22.8. The van der Waals surface area contributed by atoms with Gasteiger partial charge in [0.1, 0.15) is 0 Å². The predicted octanol–water partition coefficient (Wildman–Crippen LogP) is 3.03. The van der Waals surface area contributed by atoms with Gasteiger partial charge in [-0.25, -0.2) is 8.42 Å². The summed E-state index contributed by atoms with van der Waals surface area (Å²) in [4.78, 5) is 14.1. The van der Waals surface area contributed by atoms with Gasteiger partial charge in [0.25, 0.3) is 0 Å². The first-order valence-electron chi connectivity index (χ1n) is 6.88. The van der Waals surface area contributed by atoms with Crippen molar-refractivity contribution in [3.05, 3.63) is 40.8 Å². The zero-order chi connectivity index (χ0) is 15.5. The molecule has 2 rings (SSSR count). The smallest absolute Gasteiger partial charge is 0.227 e. The van der Waals surface area contributed by atoms with Crippen LogP contribution in [0.5, 0.6) is 0 Å². The first-order valence-corrected chi connectivity index (χ1v) is 8.97. The molecule has 0 radical (unpaired) electrons. The van der Waals surface area contributed by atoms with Gasteiger partial charge in [0.2, 0.25) is 5.91 Å². The second-order valence-electron chi connectivity index (χ2n) is 5.14. The Balaban J connectivity index is 2.09. The average molecular weight is 328 g/mol. The Bertz CT molecular complexity index is 637. The molecule has 1 atom stereocenters. The summed E-state index contributed by atoms with van der Waals surface area (Å²) in [5, 5.41) is 1.82. The van der Waals surface area contributed by atoms with Crippen LogP contribution in [0.3, 0.4) is 0 Å². The average Bonchev–Trinajstić information content (AvgIpc) is 2.76. The third kappa shape index (κ3) is 4.32. The molecule has 0 saturated heterocycles. The number of carbonyl (C=O) groups is 1. The van der Waals surface area contributed by atoms with Gasteiger partial charge in [0.15, 0.2) is 9.84 Å². The molecular formula is C15H18ClNO3S. The molecule has 4 nitrogen and oxygen atoms in total. The van der Waals surface area contributed by atoms with Crippen molar-refractivity contribution in [2.24, 2.45) is 5.92 Å². The Morgan fingerprint density at radius 2 is 2.00 bits per heavy atom. The summed E-state index contributed by atoms with van der Waals surface area (Å²) in [6.45, 7) is 2.60. The summed E-state index contributed by atoms with van der Waals surface area (Å²) in [5.74, 6) is -0.264. The van der Waals surface area contributed by atoms with Crippen LogP contribution >= 0.6 is 11.6 Å². The number of anilines is 1. The van der Waals surface area contributed by atoms with E-state index in [0.29, 0.717) is 11.6 Å². The highest BCUT2D eigenvalue weighted by molar-refractivity contribution is 7.94. The molecule has 0 aromatic heterocycles. The SMILES string of the molecule is CCCN(C(=O)C[C@@H]1C=CS(=O)(=O)C1)c1ccc(Cl)cc1. The molecule has 0 saturated carbocycles. The number of benzene rings is 1. The van der Waals surface area contributed by atoms with Gasteiger partial charge in [-0.05, 0) is 30.7 Å². The van der Waals surface area contributed by atoms with Gasteiger partial charge in [-0.3, -0.25) is 4.79 Å². The van der Waals surface area contributed by atoms with Crippen molar-refractivity contribution in [1.29, 1.82) is 0 Å². The van der Waals surface area contributed by atoms with Crippen LogP contribution in [-0.2, 0) is 14.6 Å². The number of sulfone groups is 1. The summed E-state index contributed by atoms with van der Waals surface area (Å²) >= 11 is 5.86. The fourth-order valence-corrected chi connectivity index (χ4v) is 3.87. The van der Waals surface area contributed by atoms with Gasteiger partial charge in [-0.2, -0.15) is 0 Å². The van der Waals surface area contributed by atoms with Crippen molar-refractivity contribution in [2.45, 2.75) is 19.8 Å². The van der Waals surface area contributed by atoms with Crippen LogP contribution in [0.4, 0.5) is 5.69 Å². The molecule has 114 valence electrons. The van der Waals surface area contributed by atoms with Gasteiger partial charge in [-0.1, -0.05) is 24.6 Å². The topological polar surface area (TPSA) is 54.5 Å². The lowest BCUT2D eigenvalue weighted by molar-refractivity contribution is -0.119. The zero-order valence-corrected chi connectivity index (χ0v) is 13.4. The minimum absolute atomic E-state index is 0.0271. The molecule has 1 aliphatic rings. The van der Waals surface area contributed by atoms with Gasteiger partial charge in [0, 0.05) is 35.0 Å². The lowest BCUT2D eigenvalue weighted by Crippen LogP contribution is -2.33. The van der Waals surface area contributed by atoms with E-state index in [-0.39, 0.29) is 24.0 Å². The number of nitrogens with zero attached hydrogens (tertiary/aromatic N) is 1. The minimum Gasteiger partial charge on any atom is -0.312 e. The quantitative estimate of drug-likeness (QED) is 0.835. The second kappa shape index (κ2) is 6.62. The molecule has 21 heavy (non-hydrogen) atoms. The number of hydrogen-bond acceptors (Lipinski definition) is 3. The van der Waals surface area contributed by atoms with Crippen molar-refractivity contribution in [2.75, 3.05) is 17.2 Å². The molecular weight excluding hydrogens is 310 g/mol. The molecule has 0 unspecified atom stereocenters. The Morgan fingerprint density at radius 3 is 2.52 bits per heavy atom. The fourth-order valence-electron chi connectivity index (χ4n) is 2.34. The Kier molecular flexibility index (Phi) is 5.06. The molecule has 1 heterocycles. The van der Waals surface area contributed by atoms with E-state index < -0.39 is 9.84 Å². The van der Waals surface area contributed by atoms with Gasteiger partial charge in [0.05, 0.1) is 5.75 Å². The van der Waals surface area contributed by atoms with E-state index in [2.05, 4.69) is 0 Å². The number of rotatable bonds is 5. The highest BCUT2D eigenvalue weighted by Crippen LogP contribution is 2.23. The molecule has 1 aliphatic heterocycles. The van der Waals surface area contributed by atoms with Crippen LogP contribution < -0.4 is 4.90 Å². The van der Waals surface area contributed by atoms with Gasteiger partial charge < -0.3 is 4.90 Å². The normalized spacial score (nSPS) is 19.6. The van der Waals surface area contributed by atoms with Gasteiger partial charge >= 0.3 is 0 Å². The molecule has 0 bridgehead atoms. The largest absolute Gasteiger partial charge is 0.312 e. The van der Waals surface area contributed by atoms with Crippen LogP contribution in [0.1, 0.15) is 19.8 Å². The highest BCUT2D eigenvalue weighted by Gasteiger charge is 2.26. The lowest BCUT2D eigenvalue weighted by Gasteiger charge is -2.23. The van der Waals surface area contributed by atoms with E-state index in [1.807, 2.05) is 6.92 Å². The summed E-state index contributed by atoms with van der Waals surface area (Å²) in [7, 11) is -3.12. The van der Waals surface area contributed by atoms with Crippen LogP contribution in [-0.4, -0.2) is 26.6 Å². The zero-order valence-electron chi connectivity index (χ0n) is 11.8. The molecule has 0 aliphatic carbocycles. The Hall–Kier alpha value is -1.33. The fraction of sp³-hybridized carbons (Fsp3) is 0.400. The second-order valence-corrected chi connectivity index (χ2v) is 7.51. The van der Waals surface area contributed by atoms with E-state index in [1.165, 1.54) is 5.41 Å². The van der Waals surface area contributed by atoms with Crippen molar-refractivity contribution in [3.8, 4) is 0 Å². The number of hydrogen-bond donors (Lipinski definition) is 0. The number of carbonyl (C=O) groups excluding carboxylic acids is 1. The van der Waals surface area contributed by atoms with Crippen LogP contribution in [0.15, 0.2) is 35.7 Å². The molecule has 0 N–H and O–H groups in total. The van der Waals surface area contributed by atoms with Crippen molar-refractivity contribution in [1.82, 2.24) is 0 Å². The van der Waals surface area contributed by atoms with E-state index in [4.69, 9.17) is 11.6 Å².